The number of hydrogen-bond donors (Lipinski definition) is 0. The molecular weight excluding hydrogens is 308 g/mol. The number of carbonyl (C=O) groups excluding carboxylic acids is 1. The van der Waals surface area contributed by atoms with Crippen molar-refractivity contribution in [2.75, 3.05) is 19.8 Å². The molecule has 0 spiro atoms. The number of carbonyl (C=O) groups is 1. The van der Waals surface area contributed by atoms with Crippen LogP contribution in [0.2, 0.25) is 0 Å². The zero-order valence-electron chi connectivity index (χ0n) is 13.2. The summed E-state index contributed by atoms with van der Waals surface area (Å²) in [5, 5.41) is 5.04. The predicted molar refractivity (Wildman–Crippen MR) is 86.1 cm³/mol. The highest BCUT2D eigenvalue weighted by Gasteiger charge is 2.31. The van der Waals surface area contributed by atoms with Gasteiger partial charge >= 0.3 is 0 Å². The topological polar surface area (TPSA) is 73.4 Å². The molecule has 3 heterocycles. The summed E-state index contributed by atoms with van der Waals surface area (Å²) in [7, 11) is 0. The number of ether oxygens (including phenoxy) is 1. The van der Waals surface area contributed by atoms with Crippen LogP contribution in [0.5, 0.6) is 0 Å². The average molecular weight is 326 g/mol. The molecule has 1 amide bonds. The zero-order valence-corrected chi connectivity index (χ0v) is 13.2. The lowest BCUT2D eigenvalue weighted by molar-refractivity contribution is -0.140. The smallest absolute Gasteiger partial charge is 0.225 e. The lowest BCUT2D eigenvalue weighted by atomic mass is 10.2. The fraction of sp³-hybridized carbons (Fsp3) is 0.353. The van der Waals surface area contributed by atoms with E-state index in [1.165, 1.54) is 11.8 Å². The van der Waals surface area contributed by atoms with E-state index in [-0.39, 0.29) is 11.9 Å². The van der Waals surface area contributed by atoms with Crippen molar-refractivity contribution in [1.29, 1.82) is 0 Å². The first kappa shape index (κ1) is 14.9. The van der Waals surface area contributed by atoms with E-state index < -0.39 is 0 Å². The highest BCUT2D eigenvalue weighted by molar-refractivity contribution is 5.80. The quantitative estimate of drug-likeness (QED) is 0.733. The Labute approximate surface area is 138 Å². The second kappa shape index (κ2) is 6.45. The molecular formula is C17H18N4O3. The molecule has 0 N–H and O–H groups in total. The van der Waals surface area contributed by atoms with Gasteiger partial charge in [0.05, 0.1) is 13.2 Å². The van der Waals surface area contributed by atoms with Gasteiger partial charge in [-0.25, -0.2) is 0 Å². The second-order valence-corrected chi connectivity index (χ2v) is 5.79. The highest BCUT2D eigenvalue weighted by Crippen LogP contribution is 2.22. The molecule has 124 valence electrons. The van der Waals surface area contributed by atoms with Gasteiger partial charge in [-0.15, -0.1) is 0 Å². The molecule has 1 aliphatic heterocycles. The molecule has 2 aromatic heterocycles. The number of aryl methyl sites for hydroxylation is 1. The van der Waals surface area contributed by atoms with Gasteiger partial charge in [-0.2, -0.15) is 4.98 Å². The van der Waals surface area contributed by atoms with Gasteiger partial charge in [-0.05, 0) is 17.5 Å². The molecule has 24 heavy (non-hydrogen) atoms. The molecule has 0 unspecified atom stereocenters. The fourth-order valence-corrected chi connectivity index (χ4v) is 3.14. The Morgan fingerprint density at radius 2 is 2.21 bits per heavy atom. The van der Waals surface area contributed by atoms with Crippen LogP contribution in [-0.4, -0.2) is 45.3 Å². The van der Waals surface area contributed by atoms with Gasteiger partial charge in [0, 0.05) is 31.2 Å². The average Bonchev–Trinajstić information content (AvgIpc) is 3.30. The highest BCUT2D eigenvalue weighted by atomic mass is 16.5. The van der Waals surface area contributed by atoms with E-state index in [0.717, 1.165) is 5.52 Å². The molecule has 4 rings (SSSR count). The van der Waals surface area contributed by atoms with E-state index in [2.05, 4.69) is 32.9 Å². The van der Waals surface area contributed by atoms with Crippen molar-refractivity contribution in [2.24, 2.45) is 0 Å². The van der Waals surface area contributed by atoms with Crippen molar-refractivity contribution in [1.82, 2.24) is 19.6 Å². The van der Waals surface area contributed by atoms with Crippen LogP contribution < -0.4 is 0 Å². The zero-order chi connectivity index (χ0) is 16.4. The van der Waals surface area contributed by atoms with E-state index in [0.29, 0.717) is 38.5 Å². The summed E-state index contributed by atoms with van der Waals surface area (Å²) in [6, 6.07) is 9.96. The number of fused-ring (bicyclic) bond motifs is 1. The van der Waals surface area contributed by atoms with E-state index in [1.807, 2.05) is 18.3 Å². The van der Waals surface area contributed by atoms with Crippen molar-refractivity contribution in [3.05, 3.63) is 48.7 Å². The lowest BCUT2D eigenvalue weighted by Crippen LogP contribution is -2.44. The van der Waals surface area contributed by atoms with Gasteiger partial charge in [0.25, 0.3) is 0 Å². The lowest BCUT2D eigenvalue weighted by Gasteiger charge is -2.33. The summed E-state index contributed by atoms with van der Waals surface area (Å²) >= 11 is 0. The summed E-state index contributed by atoms with van der Waals surface area (Å²) in [6.07, 6.45) is 3.72. The number of nitrogens with zero attached hydrogens (tertiary/aromatic N) is 4. The number of morpholine rings is 1. The third-order valence-corrected chi connectivity index (χ3v) is 4.37. The van der Waals surface area contributed by atoms with Crippen LogP contribution in [0.3, 0.4) is 0 Å². The molecule has 1 atom stereocenters. The number of benzene rings is 1. The minimum Gasteiger partial charge on any atom is -0.377 e. The monoisotopic (exact) mass is 326 g/mol. The number of para-hydroxylation sites is 1. The van der Waals surface area contributed by atoms with Crippen LogP contribution in [-0.2, 0) is 16.1 Å². The van der Waals surface area contributed by atoms with E-state index in [1.54, 1.807) is 4.90 Å². The molecule has 1 fully saturated rings. The maximum absolute atomic E-state index is 12.7. The molecule has 1 aromatic carbocycles. The van der Waals surface area contributed by atoms with Gasteiger partial charge in [0.1, 0.15) is 6.04 Å². The number of hydrogen-bond acceptors (Lipinski definition) is 5. The van der Waals surface area contributed by atoms with Gasteiger partial charge < -0.3 is 18.7 Å². The van der Waals surface area contributed by atoms with E-state index in [4.69, 9.17) is 9.26 Å². The minimum absolute atomic E-state index is 0.0749. The maximum atomic E-state index is 12.7. The molecule has 7 heteroatoms. The molecule has 7 nitrogen and oxygen atoms in total. The van der Waals surface area contributed by atoms with Crippen LogP contribution in [0, 0.1) is 0 Å². The van der Waals surface area contributed by atoms with E-state index >= 15 is 0 Å². The molecule has 0 bridgehead atoms. The second-order valence-electron chi connectivity index (χ2n) is 5.79. The van der Waals surface area contributed by atoms with Crippen LogP contribution in [0.1, 0.15) is 18.3 Å². The van der Waals surface area contributed by atoms with Crippen LogP contribution >= 0.6 is 0 Å². The minimum atomic E-state index is -0.272. The first-order valence-corrected chi connectivity index (χ1v) is 8.00. The van der Waals surface area contributed by atoms with E-state index in [9.17, 15) is 4.79 Å². The van der Waals surface area contributed by atoms with Crippen molar-refractivity contribution < 1.29 is 14.1 Å². The standard InChI is InChI=1S/C17H18N4O3/c22-16(6-8-20-7-5-13-3-1-2-4-14(13)20)21-9-10-23-11-15(21)17-18-12-24-19-17/h1-5,7,12,15H,6,8-11H2/t15-/m0/s1. The van der Waals surface area contributed by atoms with Crippen molar-refractivity contribution in [3.63, 3.8) is 0 Å². The van der Waals surface area contributed by atoms with Gasteiger partial charge in [0.15, 0.2) is 5.82 Å². The Morgan fingerprint density at radius 1 is 1.29 bits per heavy atom. The molecule has 1 aliphatic rings. The number of aromatic nitrogens is 3. The molecule has 0 saturated carbocycles. The summed E-state index contributed by atoms with van der Waals surface area (Å²) in [4.78, 5) is 18.6. The predicted octanol–water partition coefficient (Wildman–Crippen LogP) is 2.01. The first-order valence-electron chi connectivity index (χ1n) is 8.00. The normalized spacial score (nSPS) is 18.2. The SMILES string of the molecule is O=C(CCn1ccc2ccccc21)N1CCOC[C@H]1c1ncon1. The van der Waals surface area contributed by atoms with Crippen LogP contribution in [0.15, 0.2) is 47.4 Å². The third kappa shape index (κ3) is 2.78. The van der Waals surface area contributed by atoms with Crippen LogP contribution in [0.4, 0.5) is 0 Å². The molecule has 1 saturated heterocycles. The Balaban J connectivity index is 1.47. The fourth-order valence-electron chi connectivity index (χ4n) is 3.14. The largest absolute Gasteiger partial charge is 0.377 e. The third-order valence-electron chi connectivity index (χ3n) is 4.37. The molecule has 0 radical (unpaired) electrons. The molecule has 3 aromatic rings. The Hall–Kier alpha value is -2.67. The van der Waals surface area contributed by atoms with Crippen LogP contribution in [0.25, 0.3) is 10.9 Å². The Kier molecular flexibility index (Phi) is 4.00. The Morgan fingerprint density at radius 3 is 3.08 bits per heavy atom. The van der Waals surface area contributed by atoms with Crippen molar-refractivity contribution >= 4 is 16.8 Å². The summed E-state index contributed by atoms with van der Waals surface area (Å²) in [5.41, 5.74) is 1.14. The molecule has 0 aliphatic carbocycles. The summed E-state index contributed by atoms with van der Waals surface area (Å²) in [6.45, 7) is 2.12. The number of rotatable bonds is 4. The Bertz CT molecular complexity index is 827. The van der Waals surface area contributed by atoms with Gasteiger partial charge in [-0.3, -0.25) is 4.79 Å². The first-order chi connectivity index (χ1) is 11.8. The summed E-state index contributed by atoms with van der Waals surface area (Å²) in [5.74, 6) is 0.570. The maximum Gasteiger partial charge on any atom is 0.225 e. The number of amides is 1. The van der Waals surface area contributed by atoms with Crippen molar-refractivity contribution in [3.8, 4) is 0 Å². The van der Waals surface area contributed by atoms with Crippen molar-refractivity contribution in [2.45, 2.75) is 19.0 Å². The van der Waals surface area contributed by atoms with Gasteiger partial charge in [-0.1, -0.05) is 23.4 Å². The summed E-state index contributed by atoms with van der Waals surface area (Å²) < 4.78 is 12.4. The van der Waals surface area contributed by atoms with Gasteiger partial charge in [0.2, 0.25) is 12.3 Å².